The summed E-state index contributed by atoms with van der Waals surface area (Å²) in [6.45, 7) is 3.12. The van der Waals surface area contributed by atoms with Crippen LogP contribution in [0.15, 0.2) is 23.2 Å². The molecule has 1 aliphatic rings. The third-order valence-electron chi connectivity index (χ3n) is 3.44. The zero-order chi connectivity index (χ0) is 19.4. The Morgan fingerprint density at radius 1 is 1.35 bits per heavy atom. The van der Waals surface area contributed by atoms with E-state index in [2.05, 4.69) is 5.32 Å². The molecule has 1 saturated heterocycles. The molecule has 0 bridgehead atoms. The molecule has 10 heteroatoms. The van der Waals surface area contributed by atoms with Crippen molar-refractivity contribution in [3.05, 3.63) is 40.7 Å². The molecule has 26 heavy (non-hydrogen) atoms. The van der Waals surface area contributed by atoms with Crippen LogP contribution in [0, 0.1) is 17.5 Å². The van der Waals surface area contributed by atoms with Crippen LogP contribution in [0.3, 0.4) is 0 Å². The van der Waals surface area contributed by atoms with Crippen molar-refractivity contribution in [2.45, 2.75) is 19.9 Å². The minimum absolute atomic E-state index is 0.0163. The van der Waals surface area contributed by atoms with Gasteiger partial charge in [-0.2, -0.15) is 0 Å². The molecule has 1 aromatic rings. The van der Waals surface area contributed by atoms with Crippen LogP contribution < -0.4 is 5.32 Å². The van der Waals surface area contributed by atoms with Gasteiger partial charge in [0.1, 0.15) is 6.04 Å². The minimum atomic E-state index is -1.72. The number of esters is 1. The van der Waals surface area contributed by atoms with Crippen molar-refractivity contribution < 1.29 is 32.3 Å². The summed E-state index contributed by atoms with van der Waals surface area (Å²) < 4.78 is 44.7. The number of benzene rings is 1. The average Bonchev–Trinajstić information content (AvgIpc) is 2.95. The van der Waals surface area contributed by atoms with Crippen molar-refractivity contribution in [2.75, 3.05) is 17.7 Å². The molecule has 0 saturated carbocycles. The quantitative estimate of drug-likeness (QED) is 0.476. The number of halogens is 3. The van der Waals surface area contributed by atoms with Gasteiger partial charge >= 0.3 is 5.97 Å². The Labute approximate surface area is 151 Å². The Bertz CT molecular complexity index is 785. The first kappa shape index (κ1) is 19.8. The zero-order valence-electron chi connectivity index (χ0n) is 13.8. The summed E-state index contributed by atoms with van der Waals surface area (Å²) in [5.74, 6) is -6.57. The maximum atomic E-state index is 13.7. The van der Waals surface area contributed by atoms with Crippen LogP contribution in [0.2, 0.25) is 0 Å². The number of hydrogen-bond donors (Lipinski definition) is 1. The highest BCUT2D eigenvalue weighted by atomic mass is 32.2. The maximum absolute atomic E-state index is 13.7. The van der Waals surface area contributed by atoms with Gasteiger partial charge in [-0.1, -0.05) is 11.8 Å². The van der Waals surface area contributed by atoms with Gasteiger partial charge in [-0.25, -0.2) is 18.0 Å². The topological polar surface area (TPSA) is 75.7 Å². The lowest BCUT2D eigenvalue weighted by Crippen LogP contribution is -2.42. The SMILES string of the molecule is CCOC(=O)/C=C1\SCC(=O)N1C(C)C(=O)Nc1ccc(F)c(F)c1F. The van der Waals surface area contributed by atoms with Gasteiger partial charge in [0.25, 0.3) is 0 Å². The first-order chi connectivity index (χ1) is 12.3. The summed E-state index contributed by atoms with van der Waals surface area (Å²) in [6.07, 6.45) is 1.08. The number of nitrogens with one attached hydrogen (secondary N) is 1. The van der Waals surface area contributed by atoms with Crippen molar-refractivity contribution >= 4 is 35.2 Å². The first-order valence-electron chi connectivity index (χ1n) is 7.54. The van der Waals surface area contributed by atoms with E-state index in [0.717, 1.165) is 28.8 Å². The highest BCUT2D eigenvalue weighted by Gasteiger charge is 2.35. The Hall–Kier alpha value is -2.49. The van der Waals surface area contributed by atoms with E-state index >= 15 is 0 Å². The summed E-state index contributed by atoms with van der Waals surface area (Å²) >= 11 is 1.05. The number of carbonyl (C=O) groups is 3. The first-order valence-corrected chi connectivity index (χ1v) is 8.52. The summed E-state index contributed by atoms with van der Waals surface area (Å²) in [5.41, 5.74) is -0.559. The van der Waals surface area contributed by atoms with Crippen LogP contribution in [0.4, 0.5) is 18.9 Å². The van der Waals surface area contributed by atoms with Gasteiger partial charge in [0, 0.05) is 0 Å². The molecular weight excluding hydrogens is 373 g/mol. The lowest BCUT2D eigenvalue weighted by atomic mass is 10.2. The van der Waals surface area contributed by atoms with Gasteiger partial charge in [-0.15, -0.1) is 0 Å². The molecule has 2 amide bonds. The second-order valence-corrected chi connectivity index (χ2v) is 6.17. The van der Waals surface area contributed by atoms with Crippen molar-refractivity contribution in [1.29, 1.82) is 0 Å². The molecule has 1 N–H and O–H groups in total. The van der Waals surface area contributed by atoms with Crippen molar-refractivity contribution in [3.63, 3.8) is 0 Å². The predicted octanol–water partition coefficient (Wildman–Crippen LogP) is 2.41. The van der Waals surface area contributed by atoms with E-state index in [9.17, 15) is 27.6 Å². The van der Waals surface area contributed by atoms with Crippen LogP contribution in [0.1, 0.15) is 13.8 Å². The van der Waals surface area contributed by atoms with Crippen molar-refractivity contribution in [3.8, 4) is 0 Å². The van der Waals surface area contributed by atoms with Crippen LogP contribution in [-0.2, 0) is 19.1 Å². The number of amides is 2. The molecule has 1 fully saturated rings. The van der Waals surface area contributed by atoms with Gasteiger partial charge in [0.15, 0.2) is 17.5 Å². The van der Waals surface area contributed by atoms with E-state index in [-0.39, 0.29) is 17.4 Å². The van der Waals surface area contributed by atoms with E-state index in [1.807, 2.05) is 0 Å². The van der Waals surface area contributed by atoms with Crippen LogP contribution in [-0.4, -0.2) is 41.1 Å². The number of nitrogens with zero attached hydrogens (tertiary/aromatic N) is 1. The van der Waals surface area contributed by atoms with E-state index in [0.29, 0.717) is 6.07 Å². The van der Waals surface area contributed by atoms with Crippen molar-refractivity contribution in [1.82, 2.24) is 4.90 Å². The van der Waals surface area contributed by atoms with Gasteiger partial charge in [-0.05, 0) is 26.0 Å². The monoisotopic (exact) mass is 388 g/mol. The maximum Gasteiger partial charge on any atom is 0.333 e. The van der Waals surface area contributed by atoms with Crippen molar-refractivity contribution in [2.24, 2.45) is 0 Å². The fraction of sp³-hybridized carbons (Fsp3) is 0.312. The number of thioether (sulfide) groups is 1. The molecule has 1 heterocycles. The van der Waals surface area contributed by atoms with E-state index < -0.39 is 47.0 Å². The Balaban J connectivity index is 2.19. The molecule has 1 atom stereocenters. The Morgan fingerprint density at radius 3 is 2.69 bits per heavy atom. The Morgan fingerprint density at radius 2 is 2.04 bits per heavy atom. The number of rotatable bonds is 5. The number of ether oxygens (including phenoxy) is 1. The highest BCUT2D eigenvalue weighted by Crippen LogP contribution is 2.31. The third-order valence-corrected chi connectivity index (χ3v) is 4.44. The lowest BCUT2D eigenvalue weighted by Gasteiger charge is -2.24. The molecule has 140 valence electrons. The number of carbonyl (C=O) groups excluding carboxylic acids is 3. The van der Waals surface area contributed by atoms with Crippen LogP contribution >= 0.6 is 11.8 Å². The van der Waals surface area contributed by atoms with E-state index in [4.69, 9.17) is 4.74 Å². The second-order valence-electron chi connectivity index (χ2n) is 5.18. The summed E-state index contributed by atoms with van der Waals surface area (Å²) in [4.78, 5) is 37.0. The smallest absolute Gasteiger partial charge is 0.333 e. The third kappa shape index (κ3) is 4.18. The fourth-order valence-corrected chi connectivity index (χ4v) is 3.17. The molecule has 0 radical (unpaired) electrons. The molecule has 1 unspecified atom stereocenters. The molecule has 2 rings (SSSR count). The fourth-order valence-electron chi connectivity index (χ4n) is 2.18. The molecule has 0 spiro atoms. The molecule has 0 aliphatic carbocycles. The lowest BCUT2D eigenvalue weighted by molar-refractivity contribution is -0.137. The molecule has 1 aromatic carbocycles. The number of hydrogen-bond acceptors (Lipinski definition) is 5. The van der Waals surface area contributed by atoms with Gasteiger partial charge in [0.05, 0.1) is 29.2 Å². The van der Waals surface area contributed by atoms with Crippen LogP contribution in [0.25, 0.3) is 0 Å². The molecule has 6 nitrogen and oxygen atoms in total. The summed E-state index contributed by atoms with van der Waals surface area (Å²) in [5, 5.41) is 2.32. The predicted molar refractivity (Wildman–Crippen MR) is 88.4 cm³/mol. The molecule has 0 aromatic heterocycles. The standard InChI is InChI=1S/C16H15F3N2O4S/c1-3-25-13(23)6-12-21(11(22)7-26-12)8(2)16(24)20-10-5-4-9(17)14(18)15(10)19/h4-6,8H,3,7H2,1-2H3,(H,20,24)/b12-6-. The van der Waals surface area contributed by atoms with Gasteiger partial charge in [-0.3, -0.25) is 14.5 Å². The second kappa shape index (κ2) is 8.26. The number of anilines is 1. The normalized spacial score (nSPS) is 16.7. The van der Waals surface area contributed by atoms with E-state index in [1.54, 1.807) is 6.92 Å². The minimum Gasteiger partial charge on any atom is -0.463 e. The molecule has 1 aliphatic heterocycles. The van der Waals surface area contributed by atoms with Gasteiger partial charge < -0.3 is 10.1 Å². The molecular formula is C16H15F3N2O4S. The van der Waals surface area contributed by atoms with Crippen LogP contribution in [0.5, 0.6) is 0 Å². The zero-order valence-corrected chi connectivity index (χ0v) is 14.7. The largest absolute Gasteiger partial charge is 0.463 e. The van der Waals surface area contributed by atoms with Gasteiger partial charge in [0.2, 0.25) is 11.8 Å². The summed E-state index contributed by atoms with van der Waals surface area (Å²) in [6, 6.07) is 0.418. The summed E-state index contributed by atoms with van der Waals surface area (Å²) in [7, 11) is 0. The average molecular weight is 388 g/mol. The van der Waals surface area contributed by atoms with E-state index in [1.165, 1.54) is 6.92 Å². The highest BCUT2D eigenvalue weighted by molar-refractivity contribution is 8.04. The Kier molecular flexibility index (Phi) is 6.30.